The lowest BCUT2D eigenvalue weighted by molar-refractivity contribution is -0.113. The quantitative estimate of drug-likeness (QED) is 0.706. The zero-order chi connectivity index (χ0) is 16.2. The number of nitriles is 1. The highest BCUT2D eigenvalue weighted by molar-refractivity contribution is 7.99. The molecular formula is C16H11ClN4OS. The first kappa shape index (κ1) is 15.4. The zero-order valence-corrected chi connectivity index (χ0v) is 13.4. The number of hydrogen-bond acceptors (Lipinski definition) is 4. The Bertz CT molecular complexity index is 899. The van der Waals surface area contributed by atoms with E-state index in [1.54, 1.807) is 42.5 Å². The third-order valence-corrected chi connectivity index (χ3v) is 4.18. The molecule has 0 fully saturated rings. The summed E-state index contributed by atoms with van der Waals surface area (Å²) in [7, 11) is 0. The molecule has 2 aromatic carbocycles. The van der Waals surface area contributed by atoms with E-state index in [2.05, 4.69) is 21.4 Å². The van der Waals surface area contributed by atoms with Crippen molar-refractivity contribution in [1.82, 2.24) is 9.97 Å². The number of nitrogens with zero attached hydrogens (tertiary/aromatic N) is 2. The molecule has 5 nitrogen and oxygen atoms in total. The molecule has 7 heteroatoms. The van der Waals surface area contributed by atoms with Crippen molar-refractivity contribution in [3.05, 3.63) is 53.1 Å². The zero-order valence-electron chi connectivity index (χ0n) is 11.8. The number of carbonyl (C=O) groups is 1. The lowest BCUT2D eigenvalue weighted by atomic mass is 10.2. The lowest BCUT2D eigenvalue weighted by Crippen LogP contribution is -2.13. The van der Waals surface area contributed by atoms with E-state index in [4.69, 9.17) is 16.9 Å². The molecule has 3 aromatic rings. The van der Waals surface area contributed by atoms with E-state index in [1.807, 2.05) is 0 Å². The topological polar surface area (TPSA) is 81.6 Å². The molecule has 0 atom stereocenters. The second kappa shape index (κ2) is 6.73. The van der Waals surface area contributed by atoms with Gasteiger partial charge in [-0.3, -0.25) is 4.79 Å². The first-order valence-corrected chi connectivity index (χ1v) is 8.08. The average molecular weight is 343 g/mol. The van der Waals surface area contributed by atoms with Gasteiger partial charge >= 0.3 is 0 Å². The van der Waals surface area contributed by atoms with Crippen molar-refractivity contribution < 1.29 is 4.79 Å². The summed E-state index contributed by atoms with van der Waals surface area (Å²) >= 11 is 7.10. The van der Waals surface area contributed by atoms with Gasteiger partial charge in [-0.25, -0.2) is 4.98 Å². The minimum atomic E-state index is -0.129. The Kier molecular flexibility index (Phi) is 4.51. The number of fused-ring (bicyclic) bond motifs is 1. The summed E-state index contributed by atoms with van der Waals surface area (Å²) in [4.78, 5) is 19.4. The molecule has 0 saturated heterocycles. The van der Waals surface area contributed by atoms with Gasteiger partial charge < -0.3 is 10.3 Å². The van der Waals surface area contributed by atoms with E-state index >= 15 is 0 Å². The molecule has 3 rings (SSSR count). The van der Waals surface area contributed by atoms with Crippen molar-refractivity contribution >= 4 is 46.0 Å². The number of halogens is 1. The van der Waals surface area contributed by atoms with E-state index in [9.17, 15) is 4.79 Å². The van der Waals surface area contributed by atoms with Crippen molar-refractivity contribution in [2.45, 2.75) is 5.16 Å². The van der Waals surface area contributed by atoms with Crippen molar-refractivity contribution in [2.24, 2.45) is 0 Å². The molecule has 0 spiro atoms. The Morgan fingerprint density at radius 2 is 2.09 bits per heavy atom. The van der Waals surface area contributed by atoms with Gasteiger partial charge in [0, 0.05) is 10.7 Å². The van der Waals surface area contributed by atoms with Gasteiger partial charge in [0.05, 0.1) is 28.4 Å². The van der Waals surface area contributed by atoms with Crippen LogP contribution in [0.15, 0.2) is 47.6 Å². The highest BCUT2D eigenvalue weighted by Gasteiger charge is 2.08. The van der Waals surface area contributed by atoms with Gasteiger partial charge in [-0.2, -0.15) is 5.26 Å². The molecule has 0 aliphatic carbocycles. The Balaban J connectivity index is 1.62. The number of carbonyl (C=O) groups excluding carboxylic acids is 1. The molecule has 0 aliphatic heterocycles. The Morgan fingerprint density at radius 1 is 1.30 bits per heavy atom. The lowest BCUT2D eigenvalue weighted by Gasteiger charge is -2.03. The van der Waals surface area contributed by atoms with Crippen LogP contribution >= 0.6 is 23.4 Å². The van der Waals surface area contributed by atoms with Crippen LogP contribution in [0, 0.1) is 11.3 Å². The maximum Gasteiger partial charge on any atom is 0.234 e. The number of rotatable bonds is 4. The van der Waals surface area contributed by atoms with Crippen molar-refractivity contribution in [3.8, 4) is 6.07 Å². The summed E-state index contributed by atoms with van der Waals surface area (Å²) in [5.74, 6) is 0.101. The number of aromatic nitrogens is 2. The van der Waals surface area contributed by atoms with Gasteiger partial charge in [0.1, 0.15) is 0 Å². The third-order valence-electron chi connectivity index (χ3n) is 3.06. The predicted octanol–water partition coefficient (Wildman–Crippen LogP) is 3.82. The smallest absolute Gasteiger partial charge is 0.234 e. The van der Waals surface area contributed by atoms with Crippen LogP contribution in [0.1, 0.15) is 5.56 Å². The van der Waals surface area contributed by atoms with E-state index in [0.29, 0.717) is 21.4 Å². The molecule has 1 amide bonds. The highest BCUT2D eigenvalue weighted by Crippen LogP contribution is 2.21. The van der Waals surface area contributed by atoms with Gasteiger partial charge in [0.25, 0.3) is 0 Å². The predicted molar refractivity (Wildman–Crippen MR) is 91.6 cm³/mol. The molecule has 0 radical (unpaired) electrons. The summed E-state index contributed by atoms with van der Waals surface area (Å²) in [5.41, 5.74) is 2.82. The van der Waals surface area contributed by atoms with Crippen LogP contribution in [-0.4, -0.2) is 21.6 Å². The average Bonchev–Trinajstić information content (AvgIpc) is 2.97. The number of hydrogen-bond donors (Lipinski definition) is 2. The number of nitrogens with one attached hydrogen (secondary N) is 2. The fourth-order valence-corrected chi connectivity index (χ4v) is 2.80. The third kappa shape index (κ3) is 3.83. The van der Waals surface area contributed by atoms with Gasteiger partial charge in [-0.1, -0.05) is 23.4 Å². The minimum absolute atomic E-state index is 0.129. The number of anilines is 1. The van der Waals surface area contributed by atoms with E-state index < -0.39 is 0 Å². The molecule has 2 N–H and O–H groups in total. The molecule has 1 heterocycles. The fourth-order valence-electron chi connectivity index (χ4n) is 1.99. The first-order valence-electron chi connectivity index (χ1n) is 6.72. The number of aromatic amines is 1. The number of H-pyrrole nitrogens is 1. The Morgan fingerprint density at radius 3 is 2.83 bits per heavy atom. The van der Waals surface area contributed by atoms with Crippen LogP contribution in [0.25, 0.3) is 11.0 Å². The summed E-state index contributed by atoms with van der Waals surface area (Å²) < 4.78 is 0. The van der Waals surface area contributed by atoms with Crippen molar-refractivity contribution in [1.29, 1.82) is 5.26 Å². The molecule has 0 bridgehead atoms. The molecule has 23 heavy (non-hydrogen) atoms. The SMILES string of the molecule is N#Cc1ccc2nc(SCC(=O)Nc3ccc(Cl)cc3)[nH]c2c1. The minimum Gasteiger partial charge on any atom is -0.333 e. The fraction of sp³-hybridized carbons (Fsp3) is 0.0625. The Hall–Kier alpha value is -2.49. The number of amides is 1. The second-order valence-corrected chi connectivity index (χ2v) is 6.13. The van der Waals surface area contributed by atoms with Crippen LogP contribution in [0.5, 0.6) is 0 Å². The van der Waals surface area contributed by atoms with Crippen LogP contribution in [0.2, 0.25) is 5.02 Å². The molecule has 1 aromatic heterocycles. The normalized spacial score (nSPS) is 10.4. The van der Waals surface area contributed by atoms with Crippen molar-refractivity contribution in [2.75, 3.05) is 11.1 Å². The van der Waals surface area contributed by atoms with Crippen molar-refractivity contribution in [3.63, 3.8) is 0 Å². The molecular weight excluding hydrogens is 332 g/mol. The van der Waals surface area contributed by atoms with Crippen LogP contribution < -0.4 is 5.32 Å². The number of imidazole rings is 1. The van der Waals surface area contributed by atoms with E-state index in [-0.39, 0.29) is 11.7 Å². The first-order chi connectivity index (χ1) is 11.1. The van der Waals surface area contributed by atoms with Crippen LogP contribution in [0.4, 0.5) is 5.69 Å². The Labute approximate surface area is 141 Å². The highest BCUT2D eigenvalue weighted by atomic mass is 35.5. The monoisotopic (exact) mass is 342 g/mol. The van der Waals surface area contributed by atoms with E-state index in [1.165, 1.54) is 11.8 Å². The number of thioether (sulfide) groups is 1. The summed E-state index contributed by atoms with van der Waals surface area (Å²) in [6, 6.07) is 14.2. The maximum atomic E-state index is 11.9. The standard InChI is InChI=1S/C16H11ClN4OS/c17-11-2-4-12(5-3-11)19-15(22)9-23-16-20-13-6-1-10(8-18)7-14(13)21-16/h1-7H,9H2,(H,19,22)(H,20,21). The second-order valence-electron chi connectivity index (χ2n) is 4.73. The molecule has 0 unspecified atom stereocenters. The largest absolute Gasteiger partial charge is 0.333 e. The maximum absolute atomic E-state index is 11.9. The van der Waals surface area contributed by atoms with Crippen LogP contribution in [0.3, 0.4) is 0 Å². The van der Waals surface area contributed by atoms with Gasteiger partial charge in [0.15, 0.2) is 5.16 Å². The summed E-state index contributed by atoms with van der Waals surface area (Å²) in [6.45, 7) is 0. The molecule has 114 valence electrons. The molecule has 0 saturated carbocycles. The van der Waals surface area contributed by atoms with Gasteiger partial charge in [-0.15, -0.1) is 0 Å². The summed E-state index contributed by atoms with van der Waals surface area (Å²) in [6.07, 6.45) is 0. The summed E-state index contributed by atoms with van der Waals surface area (Å²) in [5, 5.41) is 12.9. The van der Waals surface area contributed by atoms with Gasteiger partial charge in [0.2, 0.25) is 5.91 Å². The molecule has 0 aliphatic rings. The number of benzene rings is 2. The van der Waals surface area contributed by atoms with Gasteiger partial charge in [-0.05, 0) is 42.5 Å². The van der Waals surface area contributed by atoms with Crippen LogP contribution in [-0.2, 0) is 4.79 Å². The van der Waals surface area contributed by atoms with E-state index in [0.717, 1.165) is 11.0 Å².